The Bertz CT molecular complexity index is 472. The summed E-state index contributed by atoms with van der Waals surface area (Å²) in [4.78, 5) is 5.28. The van der Waals surface area contributed by atoms with Crippen molar-refractivity contribution < 1.29 is 0 Å². The fourth-order valence-corrected chi connectivity index (χ4v) is 3.80. The number of nitrogens with one attached hydrogen (secondary N) is 1. The fraction of sp³-hybridized carbons (Fsp3) is 0.667. The van der Waals surface area contributed by atoms with Crippen molar-refractivity contribution in [1.82, 2.24) is 10.2 Å². The predicted octanol–water partition coefficient (Wildman–Crippen LogP) is 2.78. The Morgan fingerprint density at radius 1 is 1.24 bits per heavy atom. The molecule has 0 spiro atoms. The van der Waals surface area contributed by atoms with Crippen LogP contribution < -0.4 is 10.2 Å². The number of aryl methyl sites for hydroxylation is 1. The Morgan fingerprint density at radius 3 is 2.95 bits per heavy atom. The van der Waals surface area contributed by atoms with Gasteiger partial charge in [-0.05, 0) is 56.5 Å². The molecule has 21 heavy (non-hydrogen) atoms. The van der Waals surface area contributed by atoms with E-state index in [-0.39, 0.29) is 0 Å². The Hall–Kier alpha value is -1.06. The van der Waals surface area contributed by atoms with Crippen molar-refractivity contribution in [1.29, 1.82) is 0 Å². The molecular formula is C18H29N3. The van der Waals surface area contributed by atoms with Crippen molar-refractivity contribution >= 4 is 5.69 Å². The molecule has 0 amide bonds. The van der Waals surface area contributed by atoms with E-state index in [2.05, 4.69) is 47.2 Å². The third kappa shape index (κ3) is 3.41. The third-order valence-corrected chi connectivity index (χ3v) is 4.95. The van der Waals surface area contributed by atoms with Crippen molar-refractivity contribution in [2.24, 2.45) is 0 Å². The Labute approximate surface area is 129 Å². The SMILES string of the molecule is CCCNCc1ccc(N2CCN3CCCC3C2)c(C)c1. The molecule has 1 aromatic rings. The highest BCUT2D eigenvalue weighted by atomic mass is 15.3. The van der Waals surface area contributed by atoms with Gasteiger partial charge in [-0.15, -0.1) is 0 Å². The number of rotatable bonds is 5. The van der Waals surface area contributed by atoms with Crippen LogP contribution in [0.5, 0.6) is 0 Å². The van der Waals surface area contributed by atoms with E-state index in [9.17, 15) is 0 Å². The average molecular weight is 287 g/mol. The van der Waals surface area contributed by atoms with Crippen LogP contribution in [0.2, 0.25) is 0 Å². The molecule has 116 valence electrons. The minimum absolute atomic E-state index is 0.795. The highest BCUT2D eigenvalue weighted by molar-refractivity contribution is 5.55. The Morgan fingerprint density at radius 2 is 2.14 bits per heavy atom. The fourth-order valence-electron chi connectivity index (χ4n) is 3.80. The molecule has 0 aromatic heterocycles. The molecule has 0 saturated carbocycles. The van der Waals surface area contributed by atoms with Gasteiger partial charge in [0.05, 0.1) is 0 Å². The lowest BCUT2D eigenvalue weighted by Gasteiger charge is -2.39. The summed E-state index contributed by atoms with van der Waals surface area (Å²) in [6.07, 6.45) is 3.97. The van der Waals surface area contributed by atoms with Crippen molar-refractivity contribution in [3.8, 4) is 0 Å². The molecule has 0 aliphatic carbocycles. The largest absolute Gasteiger partial charge is 0.368 e. The number of benzene rings is 1. The zero-order valence-corrected chi connectivity index (χ0v) is 13.6. The molecule has 1 atom stereocenters. The van der Waals surface area contributed by atoms with Crippen LogP contribution in [0.3, 0.4) is 0 Å². The third-order valence-electron chi connectivity index (χ3n) is 4.95. The van der Waals surface area contributed by atoms with Crippen LogP contribution in [-0.4, -0.2) is 43.7 Å². The summed E-state index contributed by atoms with van der Waals surface area (Å²) in [6.45, 7) is 11.5. The first-order valence-electron chi connectivity index (χ1n) is 8.57. The molecular weight excluding hydrogens is 258 g/mol. The predicted molar refractivity (Wildman–Crippen MR) is 90.0 cm³/mol. The molecule has 3 rings (SSSR count). The lowest BCUT2D eigenvalue weighted by atomic mass is 10.1. The molecule has 1 aromatic carbocycles. The first-order valence-corrected chi connectivity index (χ1v) is 8.57. The molecule has 1 unspecified atom stereocenters. The van der Waals surface area contributed by atoms with Crippen LogP contribution in [-0.2, 0) is 6.54 Å². The summed E-state index contributed by atoms with van der Waals surface area (Å²) in [7, 11) is 0. The second-order valence-electron chi connectivity index (χ2n) is 6.58. The molecule has 0 bridgehead atoms. The summed E-state index contributed by atoms with van der Waals surface area (Å²) in [5.74, 6) is 0. The van der Waals surface area contributed by atoms with Gasteiger partial charge < -0.3 is 10.2 Å². The van der Waals surface area contributed by atoms with E-state index in [0.717, 1.165) is 19.1 Å². The minimum Gasteiger partial charge on any atom is -0.368 e. The first kappa shape index (κ1) is 14.9. The van der Waals surface area contributed by atoms with Gasteiger partial charge in [0, 0.05) is 37.9 Å². The number of hydrogen-bond acceptors (Lipinski definition) is 3. The number of fused-ring (bicyclic) bond motifs is 1. The van der Waals surface area contributed by atoms with Crippen LogP contribution in [0.15, 0.2) is 18.2 Å². The van der Waals surface area contributed by atoms with Gasteiger partial charge in [-0.1, -0.05) is 19.1 Å². The summed E-state index contributed by atoms with van der Waals surface area (Å²) in [6, 6.07) is 7.79. The van der Waals surface area contributed by atoms with Crippen molar-refractivity contribution in [3.05, 3.63) is 29.3 Å². The van der Waals surface area contributed by atoms with Crippen LogP contribution in [0.25, 0.3) is 0 Å². The maximum atomic E-state index is 3.49. The number of anilines is 1. The number of nitrogens with zero attached hydrogens (tertiary/aromatic N) is 2. The normalized spacial score (nSPS) is 22.6. The summed E-state index contributed by atoms with van der Waals surface area (Å²) >= 11 is 0. The zero-order valence-electron chi connectivity index (χ0n) is 13.6. The highest BCUT2D eigenvalue weighted by Crippen LogP contribution is 2.28. The monoisotopic (exact) mass is 287 g/mol. The van der Waals surface area contributed by atoms with Gasteiger partial charge in [-0.2, -0.15) is 0 Å². The second kappa shape index (κ2) is 6.80. The molecule has 0 radical (unpaired) electrons. The van der Waals surface area contributed by atoms with E-state index < -0.39 is 0 Å². The van der Waals surface area contributed by atoms with Crippen molar-refractivity contribution in [2.75, 3.05) is 37.6 Å². The van der Waals surface area contributed by atoms with Gasteiger partial charge in [0.2, 0.25) is 0 Å². The maximum Gasteiger partial charge on any atom is 0.0397 e. The van der Waals surface area contributed by atoms with E-state index in [1.807, 2.05) is 0 Å². The zero-order chi connectivity index (χ0) is 14.7. The number of hydrogen-bond donors (Lipinski definition) is 1. The molecule has 3 heteroatoms. The Kier molecular flexibility index (Phi) is 4.81. The van der Waals surface area contributed by atoms with E-state index >= 15 is 0 Å². The van der Waals surface area contributed by atoms with Gasteiger partial charge in [0.25, 0.3) is 0 Å². The van der Waals surface area contributed by atoms with Gasteiger partial charge in [0.15, 0.2) is 0 Å². The molecule has 2 heterocycles. The molecule has 3 nitrogen and oxygen atoms in total. The smallest absolute Gasteiger partial charge is 0.0397 e. The van der Waals surface area contributed by atoms with E-state index in [1.54, 1.807) is 0 Å². The summed E-state index contributed by atoms with van der Waals surface area (Å²) in [5, 5.41) is 3.49. The van der Waals surface area contributed by atoms with Crippen molar-refractivity contribution in [3.63, 3.8) is 0 Å². The molecule has 2 fully saturated rings. The molecule has 2 aliphatic rings. The van der Waals surface area contributed by atoms with Crippen molar-refractivity contribution in [2.45, 2.75) is 45.7 Å². The van der Waals surface area contributed by atoms with Gasteiger partial charge in [-0.25, -0.2) is 0 Å². The molecule has 2 saturated heterocycles. The van der Waals surface area contributed by atoms with Crippen LogP contribution >= 0.6 is 0 Å². The van der Waals surface area contributed by atoms with E-state index in [4.69, 9.17) is 0 Å². The first-order chi connectivity index (χ1) is 10.3. The minimum atomic E-state index is 0.795. The standard InChI is InChI=1S/C18H29N3/c1-3-8-19-13-16-6-7-18(15(2)12-16)21-11-10-20-9-4-5-17(20)14-21/h6-7,12,17,19H,3-5,8-11,13-14H2,1-2H3. The van der Waals surface area contributed by atoms with E-state index in [1.165, 1.54) is 62.3 Å². The average Bonchev–Trinajstić information content (AvgIpc) is 2.95. The summed E-state index contributed by atoms with van der Waals surface area (Å²) < 4.78 is 0. The quantitative estimate of drug-likeness (QED) is 0.840. The van der Waals surface area contributed by atoms with Gasteiger partial charge in [0.1, 0.15) is 0 Å². The lowest BCUT2D eigenvalue weighted by Crippen LogP contribution is -2.50. The second-order valence-corrected chi connectivity index (χ2v) is 6.58. The van der Waals surface area contributed by atoms with E-state index in [0.29, 0.717) is 0 Å². The van der Waals surface area contributed by atoms with Gasteiger partial charge in [-0.3, -0.25) is 4.90 Å². The molecule has 1 N–H and O–H groups in total. The summed E-state index contributed by atoms with van der Waals surface area (Å²) in [5.41, 5.74) is 4.28. The van der Waals surface area contributed by atoms with Crippen LogP contribution in [0, 0.1) is 6.92 Å². The lowest BCUT2D eigenvalue weighted by molar-refractivity contribution is 0.231. The van der Waals surface area contributed by atoms with Crippen LogP contribution in [0.4, 0.5) is 5.69 Å². The van der Waals surface area contributed by atoms with Gasteiger partial charge >= 0.3 is 0 Å². The maximum absolute atomic E-state index is 3.49. The molecule has 2 aliphatic heterocycles. The van der Waals surface area contributed by atoms with Crippen LogP contribution in [0.1, 0.15) is 37.3 Å². The Balaban J connectivity index is 1.65. The highest BCUT2D eigenvalue weighted by Gasteiger charge is 2.30. The topological polar surface area (TPSA) is 18.5 Å². The number of piperazine rings is 1.